The second kappa shape index (κ2) is 10.1. The summed E-state index contributed by atoms with van der Waals surface area (Å²) in [5.74, 6) is 0.642. The fraction of sp³-hybridized carbons (Fsp3) is 0.435. The molecule has 2 aromatic carbocycles. The van der Waals surface area contributed by atoms with Crippen molar-refractivity contribution in [2.24, 2.45) is 0 Å². The Morgan fingerprint density at radius 2 is 1.23 bits per heavy atom. The second-order valence-corrected chi connectivity index (χ2v) is 9.54. The Morgan fingerprint density at radius 3 is 1.60 bits per heavy atom. The molecule has 0 fully saturated rings. The summed E-state index contributed by atoms with van der Waals surface area (Å²) in [6, 6.07) is 7.89. The van der Waals surface area contributed by atoms with E-state index in [1.54, 1.807) is 6.92 Å². The fourth-order valence-electron chi connectivity index (χ4n) is 3.49. The number of hydrogen-bond donors (Lipinski definition) is 1. The van der Waals surface area contributed by atoms with Gasteiger partial charge in [-0.2, -0.15) is 0 Å². The molecule has 2 rings (SSSR count). The highest BCUT2D eigenvalue weighted by Gasteiger charge is 2.31. The second-order valence-electron chi connectivity index (χ2n) is 7.64. The molecule has 1 N–H and O–H groups in total. The lowest BCUT2D eigenvalue weighted by molar-refractivity contribution is -0.141. The number of carbonyl (C=O) groups excluding carboxylic acids is 1. The Kier molecular flexibility index (Phi) is 8.10. The van der Waals surface area contributed by atoms with Crippen molar-refractivity contribution in [3.63, 3.8) is 0 Å². The minimum atomic E-state index is -3.70. The molecule has 0 atom stereocenters. The topological polar surface area (TPSA) is 73.9 Å². The minimum absolute atomic E-state index is 0.0811. The fourth-order valence-corrected chi connectivity index (χ4v) is 5.17. The molecule has 0 amide bonds. The number of nitrogens with one attached hydrogen (secondary N) is 1. The molecule has 0 aliphatic heterocycles. The molecule has 2 aromatic rings. The maximum atomic E-state index is 13.8. The Hall–Kier alpha value is -2.30. The molecule has 0 bridgehead atoms. The molecule has 30 heavy (non-hydrogen) atoms. The summed E-state index contributed by atoms with van der Waals surface area (Å²) in [5.41, 5.74) is 5.69. The standard InChI is InChI=1S/C23H32NO5P/c1-8-27-21(25)13-24-14-30(26,28-22-17(4)9-15(2)10-18(22)5)29-23-19(6)11-16(3)12-20(23)7/h9-12,24H,8,13-14H2,1-7H3. The van der Waals surface area contributed by atoms with Crippen molar-refractivity contribution in [3.8, 4) is 11.5 Å². The summed E-state index contributed by atoms with van der Waals surface area (Å²) in [6.07, 6.45) is -0.134. The van der Waals surface area contributed by atoms with Gasteiger partial charge in [0.05, 0.1) is 13.2 Å². The lowest BCUT2D eigenvalue weighted by atomic mass is 10.1. The molecule has 0 radical (unpaired) electrons. The third kappa shape index (κ3) is 6.35. The van der Waals surface area contributed by atoms with E-state index in [1.807, 2.05) is 65.8 Å². The molecule has 0 saturated carbocycles. The van der Waals surface area contributed by atoms with Crippen LogP contribution >= 0.6 is 7.60 Å². The molecule has 164 valence electrons. The number of esters is 1. The average molecular weight is 433 g/mol. The van der Waals surface area contributed by atoms with Crippen LogP contribution in [-0.2, 0) is 14.1 Å². The molecular weight excluding hydrogens is 401 g/mol. The Morgan fingerprint density at radius 1 is 0.833 bits per heavy atom. The van der Waals surface area contributed by atoms with Crippen molar-refractivity contribution in [2.75, 3.05) is 19.4 Å². The zero-order valence-electron chi connectivity index (χ0n) is 18.9. The van der Waals surface area contributed by atoms with Gasteiger partial charge in [0.2, 0.25) is 0 Å². The van der Waals surface area contributed by atoms with Crippen LogP contribution in [0.1, 0.15) is 40.3 Å². The zero-order valence-corrected chi connectivity index (χ0v) is 19.8. The van der Waals surface area contributed by atoms with Crippen LogP contribution in [0.2, 0.25) is 0 Å². The van der Waals surface area contributed by atoms with Crippen LogP contribution in [0.15, 0.2) is 24.3 Å². The van der Waals surface area contributed by atoms with E-state index in [4.69, 9.17) is 13.8 Å². The highest BCUT2D eigenvalue weighted by molar-refractivity contribution is 7.54. The number of benzene rings is 2. The van der Waals surface area contributed by atoms with Gasteiger partial charge in [-0.1, -0.05) is 35.4 Å². The van der Waals surface area contributed by atoms with Gasteiger partial charge in [-0.05, 0) is 70.7 Å². The SMILES string of the molecule is CCOC(=O)CNCP(=O)(Oc1c(C)cc(C)cc1C)Oc1c(C)cc(C)cc1C. The highest BCUT2D eigenvalue weighted by Crippen LogP contribution is 2.50. The first-order valence-electron chi connectivity index (χ1n) is 10.0. The van der Waals surface area contributed by atoms with E-state index in [2.05, 4.69) is 5.32 Å². The normalized spacial score (nSPS) is 11.3. The van der Waals surface area contributed by atoms with Gasteiger partial charge in [-0.3, -0.25) is 10.1 Å². The van der Waals surface area contributed by atoms with Crippen molar-refractivity contribution >= 4 is 13.6 Å². The van der Waals surface area contributed by atoms with Crippen molar-refractivity contribution < 1.29 is 23.1 Å². The molecule has 0 aliphatic carbocycles. The molecule has 0 unspecified atom stereocenters. The summed E-state index contributed by atoms with van der Waals surface area (Å²) >= 11 is 0. The third-order valence-corrected chi connectivity index (χ3v) is 6.08. The Labute approximate surface area is 179 Å². The van der Waals surface area contributed by atoms with Gasteiger partial charge in [0.25, 0.3) is 0 Å². The van der Waals surface area contributed by atoms with Crippen molar-refractivity contribution in [1.82, 2.24) is 5.32 Å². The van der Waals surface area contributed by atoms with E-state index >= 15 is 0 Å². The van der Waals surface area contributed by atoms with E-state index in [9.17, 15) is 9.36 Å². The van der Waals surface area contributed by atoms with Gasteiger partial charge < -0.3 is 13.8 Å². The number of ether oxygens (including phenoxy) is 1. The largest absolute Gasteiger partial charge is 0.465 e. The predicted octanol–water partition coefficient (Wildman–Crippen LogP) is 5.30. The molecular formula is C23H32NO5P. The number of carbonyl (C=O) groups is 1. The van der Waals surface area contributed by atoms with E-state index < -0.39 is 13.6 Å². The Bertz CT molecular complexity index is 861. The molecule has 0 aromatic heterocycles. The molecule has 6 nitrogen and oxygen atoms in total. The van der Waals surface area contributed by atoms with Gasteiger partial charge in [0.1, 0.15) is 17.8 Å². The quantitative estimate of drug-likeness (QED) is 0.427. The van der Waals surface area contributed by atoms with Crippen LogP contribution < -0.4 is 14.4 Å². The molecule has 7 heteroatoms. The first kappa shape index (κ1) is 24.0. The minimum Gasteiger partial charge on any atom is -0.465 e. The zero-order chi connectivity index (χ0) is 22.5. The maximum absolute atomic E-state index is 13.8. The maximum Gasteiger partial charge on any atom is 0.444 e. The van der Waals surface area contributed by atoms with Gasteiger partial charge in [-0.25, -0.2) is 4.57 Å². The first-order chi connectivity index (χ1) is 14.0. The van der Waals surface area contributed by atoms with Crippen LogP contribution in [0.3, 0.4) is 0 Å². The Balaban J connectivity index is 2.35. The smallest absolute Gasteiger partial charge is 0.444 e. The van der Waals surface area contributed by atoms with Crippen molar-refractivity contribution in [1.29, 1.82) is 0 Å². The summed E-state index contributed by atoms with van der Waals surface area (Å²) in [4.78, 5) is 11.7. The van der Waals surface area contributed by atoms with Crippen molar-refractivity contribution in [3.05, 3.63) is 57.6 Å². The third-order valence-electron chi connectivity index (χ3n) is 4.55. The predicted molar refractivity (Wildman–Crippen MR) is 120 cm³/mol. The monoisotopic (exact) mass is 433 g/mol. The summed E-state index contributed by atoms with van der Waals surface area (Å²) in [5, 5.41) is 2.86. The van der Waals surface area contributed by atoms with Crippen LogP contribution in [0.25, 0.3) is 0 Å². The molecule has 0 aliphatic rings. The van der Waals surface area contributed by atoms with Gasteiger partial charge in [0, 0.05) is 0 Å². The van der Waals surface area contributed by atoms with Gasteiger partial charge in [-0.15, -0.1) is 0 Å². The van der Waals surface area contributed by atoms with E-state index in [-0.39, 0.29) is 19.4 Å². The van der Waals surface area contributed by atoms with Crippen LogP contribution in [0.5, 0.6) is 11.5 Å². The van der Waals surface area contributed by atoms with Crippen LogP contribution in [0, 0.1) is 41.5 Å². The number of hydrogen-bond acceptors (Lipinski definition) is 6. The van der Waals surface area contributed by atoms with Gasteiger partial charge >= 0.3 is 13.6 Å². The number of rotatable bonds is 9. The van der Waals surface area contributed by atoms with Crippen LogP contribution in [-0.4, -0.2) is 25.4 Å². The first-order valence-corrected chi connectivity index (χ1v) is 11.8. The average Bonchev–Trinajstić information content (AvgIpc) is 2.62. The van der Waals surface area contributed by atoms with Crippen molar-refractivity contribution in [2.45, 2.75) is 48.5 Å². The van der Waals surface area contributed by atoms with Gasteiger partial charge in [0.15, 0.2) is 0 Å². The van der Waals surface area contributed by atoms with E-state index in [1.165, 1.54) is 0 Å². The lowest BCUT2D eigenvalue weighted by Crippen LogP contribution is -2.27. The summed E-state index contributed by atoms with van der Waals surface area (Å²) in [7, 11) is -3.70. The highest BCUT2D eigenvalue weighted by atomic mass is 31.2. The van der Waals surface area contributed by atoms with E-state index in [0.717, 1.165) is 33.4 Å². The summed E-state index contributed by atoms with van der Waals surface area (Å²) < 4.78 is 30.8. The summed E-state index contributed by atoms with van der Waals surface area (Å²) in [6.45, 7) is 13.6. The van der Waals surface area contributed by atoms with E-state index in [0.29, 0.717) is 11.5 Å². The van der Waals surface area contributed by atoms with Crippen LogP contribution in [0.4, 0.5) is 0 Å². The molecule has 0 heterocycles. The molecule has 0 saturated heterocycles. The lowest BCUT2D eigenvalue weighted by Gasteiger charge is -2.24. The number of aryl methyl sites for hydroxylation is 6. The molecule has 0 spiro atoms.